The minimum absolute atomic E-state index is 0.360. The molecule has 3 rings (SSSR count). The molecule has 0 radical (unpaired) electrons. The van der Waals surface area contributed by atoms with Crippen LogP contribution < -0.4 is 10.1 Å². The van der Waals surface area contributed by atoms with Crippen molar-refractivity contribution >= 4 is 0 Å². The largest absolute Gasteiger partial charge is 0.490 e. The van der Waals surface area contributed by atoms with Crippen LogP contribution in [0, 0.1) is 5.92 Å². The molecule has 0 saturated carbocycles. The van der Waals surface area contributed by atoms with Gasteiger partial charge in [0.1, 0.15) is 11.9 Å². The summed E-state index contributed by atoms with van der Waals surface area (Å²) >= 11 is 0. The Morgan fingerprint density at radius 2 is 2.12 bits per heavy atom. The van der Waals surface area contributed by atoms with Gasteiger partial charge in [-0.3, -0.25) is 0 Å². The molecule has 1 aromatic rings. The number of ether oxygens (including phenoxy) is 1. The van der Waals surface area contributed by atoms with Gasteiger partial charge in [-0.05, 0) is 62.4 Å². The standard InChI is InChI=1S/C15H21NO/c1-11-8-14-3-2-13(10-15(14)17-11)9-12-4-6-16-7-5-12/h2-3,10-12,16H,4-9H2,1H3. The molecule has 0 aromatic heterocycles. The lowest BCUT2D eigenvalue weighted by atomic mass is 9.90. The molecule has 0 bridgehead atoms. The Balaban J connectivity index is 1.69. The third-order valence-electron chi connectivity index (χ3n) is 3.95. The molecule has 2 aliphatic heterocycles. The van der Waals surface area contributed by atoms with E-state index in [9.17, 15) is 0 Å². The van der Waals surface area contributed by atoms with E-state index in [0.29, 0.717) is 6.10 Å². The summed E-state index contributed by atoms with van der Waals surface area (Å²) in [5, 5.41) is 3.42. The topological polar surface area (TPSA) is 21.3 Å². The van der Waals surface area contributed by atoms with E-state index in [1.165, 1.54) is 43.5 Å². The molecule has 0 spiro atoms. The van der Waals surface area contributed by atoms with Crippen molar-refractivity contribution in [2.24, 2.45) is 5.92 Å². The average Bonchev–Trinajstić information content (AvgIpc) is 2.70. The van der Waals surface area contributed by atoms with Crippen LogP contribution in [-0.4, -0.2) is 19.2 Å². The molecule has 1 N–H and O–H groups in total. The molecule has 2 heterocycles. The van der Waals surface area contributed by atoms with Gasteiger partial charge in [-0.2, -0.15) is 0 Å². The predicted molar refractivity (Wildman–Crippen MR) is 69.5 cm³/mol. The number of fused-ring (bicyclic) bond motifs is 1. The highest BCUT2D eigenvalue weighted by atomic mass is 16.5. The summed E-state index contributed by atoms with van der Waals surface area (Å²) in [4.78, 5) is 0. The second-order valence-corrected chi connectivity index (χ2v) is 5.47. The monoisotopic (exact) mass is 231 g/mol. The molecule has 2 heteroatoms. The van der Waals surface area contributed by atoms with Crippen molar-refractivity contribution in [2.45, 2.75) is 38.7 Å². The number of piperidine rings is 1. The first-order valence-corrected chi connectivity index (χ1v) is 6.80. The summed E-state index contributed by atoms with van der Waals surface area (Å²) in [7, 11) is 0. The maximum atomic E-state index is 5.82. The fourth-order valence-electron chi connectivity index (χ4n) is 2.99. The minimum Gasteiger partial charge on any atom is -0.490 e. The third kappa shape index (κ3) is 2.47. The number of nitrogens with one attached hydrogen (secondary N) is 1. The smallest absolute Gasteiger partial charge is 0.123 e. The zero-order valence-electron chi connectivity index (χ0n) is 10.5. The van der Waals surface area contributed by atoms with Crippen molar-refractivity contribution in [3.8, 4) is 5.75 Å². The summed E-state index contributed by atoms with van der Waals surface area (Å²) in [5.74, 6) is 1.98. The van der Waals surface area contributed by atoms with Gasteiger partial charge in [0.05, 0.1) is 0 Å². The van der Waals surface area contributed by atoms with Gasteiger partial charge < -0.3 is 10.1 Å². The van der Waals surface area contributed by atoms with Crippen molar-refractivity contribution in [3.63, 3.8) is 0 Å². The van der Waals surface area contributed by atoms with E-state index in [2.05, 4.69) is 30.4 Å². The number of hydrogen-bond donors (Lipinski definition) is 1. The van der Waals surface area contributed by atoms with E-state index in [1.54, 1.807) is 0 Å². The Labute approximate surface area is 103 Å². The molecule has 0 amide bonds. The van der Waals surface area contributed by atoms with Crippen LogP contribution in [-0.2, 0) is 12.8 Å². The molecule has 1 unspecified atom stereocenters. The van der Waals surface area contributed by atoms with Crippen LogP contribution >= 0.6 is 0 Å². The van der Waals surface area contributed by atoms with Crippen LogP contribution in [0.4, 0.5) is 0 Å². The van der Waals surface area contributed by atoms with E-state index in [0.717, 1.165) is 18.1 Å². The van der Waals surface area contributed by atoms with Gasteiger partial charge in [-0.15, -0.1) is 0 Å². The van der Waals surface area contributed by atoms with Gasteiger partial charge >= 0.3 is 0 Å². The first-order valence-electron chi connectivity index (χ1n) is 6.80. The van der Waals surface area contributed by atoms with Gasteiger partial charge in [0.15, 0.2) is 0 Å². The summed E-state index contributed by atoms with van der Waals surface area (Å²) < 4.78 is 5.82. The zero-order chi connectivity index (χ0) is 11.7. The highest BCUT2D eigenvalue weighted by molar-refractivity contribution is 5.41. The Morgan fingerprint density at radius 3 is 2.94 bits per heavy atom. The quantitative estimate of drug-likeness (QED) is 0.844. The van der Waals surface area contributed by atoms with Crippen LogP contribution in [0.25, 0.3) is 0 Å². The molecule has 0 aliphatic carbocycles. The number of hydrogen-bond acceptors (Lipinski definition) is 2. The van der Waals surface area contributed by atoms with Crippen molar-refractivity contribution in [1.29, 1.82) is 0 Å². The van der Waals surface area contributed by atoms with Gasteiger partial charge in [-0.1, -0.05) is 12.1 Å². The van der Waals surface area contributed by atoms with E-state index in [-0.39, 0.29) is 0 Å². The molecule has 1 saturated heterocycles. The van der Waals surface area contributed by atoms with Crippen molar-refractivity contribution < 1.29 is 4.74 Å². The van der Waals surface area contributed by atoms with E-state index in [4.69, 9.17) is 4.74 Å². The average molecular weight is 231 g/mol. The van der Waals surface area contributed by atoms with E-state index >= 15 is 0 Å². The Bertz CT molecular complexity index is 396. The molecular weight excluding hydrogens is 210 g/mol. The zero-order valence-corrected chi connectivity index (χ0v) is 10.5. The normalized spacial score (nSPS) is 24.4. The van der Waals surface area contributed by atoms with Gasteiger partial charge in [0, 0.05) is 6.42 Å². The van der Waals surface area contributed by atoms with Crippen LogP contribution in [0.3, 0.4) is 0 Å². The first-order chi connectivity index (χ1) is 8.31. The Morgan fingerprint density at radius 1 is 1.29 bits per heavy atom. The lowest BCUT2D eigenvalue weighted by Gasteiger charge is -2.22. The number of benzene rings is 1. The molecule has 1 aromatic carbocycles. The highest BCUT2D eigenvalue weighted by Crippen LogP contribution is 2.31. The molecule has 1 fully saturated rings. The first kappa shape index (κ1) is 11.1. The number of rotatable bonds is 2. The van der Waals surface area contributed by atoms with E-state index in [1.807, 2.05) is 0 Å². The summed E-state index contributed by atoms with van der Waals surface area (Å²) in [6.45, 7) is 4.51. The highest BCUT2D eigenvalue weighted by Gasteiger charge is 2.20. The molecular formula is C15H21NO. The van der Waals surface area contributed by atoms with Crippen LogP contribution in [0.5, 0.6) is 5.75 Å². The van der Waals surface area contributed by atoms with E-state index < -0.39 is 0 Å². The fraction of sp³-hybridized carbons (Fsp3) is 0.600. The van der Waals surface area contributed by atoms with Gasteiger partial charge in [-0.25, -0.2) is 0 Å². The second kappa shape index (κ2) is 4.69. The van der Waals surface area contributed by atoms with Gasteiger partial charge in [0.2, 0.25) is 0 Å². The lowest BCUT2D eigenvalue weighted by molar-refractivity contribution is 0.254. The van der Waals surface area contributed by atoms with Crippen molar-refractivity contribution in [1.82, 2.24) is 5.32 Å². The Hall–Kier alpha value is -1.02. The summed E-state index contributed by atoms with van der Waals surface area (Å²) in [6.07, 6.45) is 5.28. The van der Waals surface area contributed by atoms with Crippen LogP contribution in [0.15, 0.2) is 18.2 Å². The van der Waals surface area contributed by atoms with Crippen LogP contribution in [0.2, 0.25) is 0 Å². The Kier molecular flexibility index (Phi) is 3.06. The molecule has 17 heavy (non-hydrogen) atoms. The minimum atomic E-state index is 0.360. The summed E-state index contributed by atoms with van der Waals surface area (Å²) in [5.41, 5.74) is 2.83. The maximum absolute atomic E-state index is 5.82. The molecule has 2 aliphatic rings. The van der Waals surface area contributed by atoms with Crippen molar-refractivity contribution in [3.05, 3.63) is 29.3 Å². The fourth-order valence-corrected chi connectivity index (χ4v) is 2.99. The third-order valence-corrected chi connectivity index (χ3v) is 3.95. The SMILES string of the molecule is CC1Cc2ccc(CC3CCNCC3)cc2O1. The predicted octanol–water partition coefficient (Wildman–Crippen LogP) is 2.55. The lowest BCUT2D eigenvalue weighted by Crippen LogP contribution is -2.28. The molecule has 92 valence electrons. The molecule has 2 nitrogen and oxygen atoms in total. The van der Waals surface area contributed by atoms with Gasteiger partial charge in [0.25, 0.3) is 0 Å². The summed E-state index contributed by atoms with van der Waals surface area (Å²) in [6, 6.07) is 6.82. The van der Waals surface area contributed by atoms with Crippen LogP contribution in [0.1, 0.15) is 30.9 Å². The molecule has 1 atom stereocenters. The second-order valence-electron chi connectivity index (χ2n) is 5.47. The maximum Gasteiger partial charge on any atom is 0.123 e. The van der Waals surface area contributed by atoms with Crippen molar-refractivity contribution in [2.75, 3.05) is 13.1 Å².